The number of piperidine rings is 1. The molecule has 0 bridgehead atoms. The summed E-state index contributed by atoms with van der Waals surface area (Å²) in [5, 5.41) is 9.76. The van der Waals surface area contributed by atoms with Crippen LogP contribution in [-0.2, 0) is 11.2 Å². The van der Waals surface area contributed by atoms with Crippen LogP contribution in [0.3, 0.4) is 0 Å². The molecule has 2 aromatic heterocycles. The lowest BCUT2D eigenvalue weighted by Gasteiger charge is -2.31. The number of benzene rings is 2. The summed E-state index contributed by atoms with van der Waals surface area (Å²) < 4.78 is 12.1. The van der Waals surface area contributed by atoms with Gasteiger partial charge in [0.15, 0.2) is 0 Å². The molecule has 1 aliphatic heterocycles. The molecule has 5 rings (SSSR count). The highest BCUT2D eigenvalue weighted by atomic mass is 32.2. The number of amides is 1. The number of rotatable bonds is 7. The van der Waals surface area contributed by atoms with Crippen LogP contribution in [0.15, 0.2) is 58.2 Å². The summed E-state index contributed by atoms with van der Waals surface area (Å²) in [7, 11) is 1.64. The molecule has 7 nitrogen and oxygen atoms in total. The molecule has 2 aromatic carbocycles. The zero-order valence-electron chi connectivity index (χ0n) is 18.3. The summed E-state index contributed by atoms with van der Waals surface area (Å²) in [6.07, 6.45) is 2.60. The predicted molar refractivity (Wildman–Crippen MR) is 129 cm³/mol. The van der Waals surface area contributed by atoms with Crippen molar-refractivity contribution in [1.82, 2.24) is 20.1 Å². The molecule has 0 saturated carbocycles. The van der Waals surface area contributed by atoms with Crippen LogP contribution in [0.5, 0.6) is 5.75 Å². The molecule has 33 heavy (non-hydrogen) atoms. The number of hydrogen-bond donors (Lipinski definition) is 0. The van der Waals surface area contributed by atoms with Crippen molar-refractivity contribution in [3.8, 4) is 5.75 Å². The minimum absolute atomic E-state index is 0.0979. The smallest absolute Gasteiger partial charge is 0.277 e. The average molecular weight is 481 g/mol. The second-order valence-corrected chi connectivity index (χ2v) is 9.96. The highest BCUT2D eigenvalue weighted by molar-refractivity contribution is 7.99. The maximum atomic E-state index is 12.9. The first-order valence-corrected chi connectivity index (χ1v) is 12.7. The van der Waals surface area contributed by atoms with Crippen LogP contribution >= 0.6 is 23.1 Å². The highest BCUT2D eigenvalue weighted by Gasteiger charge is 2.27. The molecular formula is C24H24N4O3S2. The van der Waals surface area contributed by atoms with Crippen molar-refractivity contribution in [2.75, 3.05) is 26.0 Å². The Morgan fingerprint density at radius 1 is 1.21 bits per heavy atom. The van der Waals surface area contributed by atoms with Crippen LogP contribution in [-0.4, -0.2) is 51.9 Å². The maximum Gasteiger partial charge on any atom is 0.277 e. The van der Waals surface area contributed by atoms with Gasteiger partial charge in [-0.25, -0.2) is 4.98 Å². The zero-order chi connectivity index (χ0) is 22.6. The topological polar surface area (TPSA) is 81.4 Å². The summed E-state index contributed by atoms with van der Waals surface area (Å²) >= 11 is 3.03. The number of para-hydroxylation sites is 1. The number of aromatic nitrogens is 3. The highest BCUT2D eigenvalue weighted by Crippen LogP contribution is 2.33. The minimum atomic E-state index is 0.0979. The molecule has 1 atom stereocenters. The van der Waals surface area contributed by atoms with Crippen molar-refractivity contribution in [2.24, 2.45) is 0 Å². The molecular weight excluding hydrogens is 456 g/mol. The van der Waals surface area contributed by atoms with Gasteiger partial charge in [-0.1, -0.05) is 36.0 Å². The van der Waals surface area contributed by atoms with Gasteiger partial charge < -0.3 is 14.1 Å². The van der Waals surface area contributed by atoms with Crippen LogP contribution < -0.4 is 4.74 Å². The van der Waals surface area contributed by atoms with Gasteiger partial charge in [-0.05, 0) is 42.7 Å². The fourth-order valence-electron chi connectivity index (χ4n) is 3.97. The second-order valence-electron chi connectivity index (χ2n) is 7.97. The molecule has 1 saturated heterocycles. The van der Waals surface area contributed by atoms with Crippen LogP contribution in [0.25, 0.3) is 10.2 Å². The third-order valence-corrected chi connectivity index (χ3v) is 7.72. The van der Waals surface area contributed by atoms with E-state index in [0.29, 0.717) is 30.0 Å². The number of carbonyl (C=O) groups is 1. The molecule has 1 fully saturated rings. The number of ether oxygens (including phenoxy) is 1. The van der Waals surface area contributed by atoms with Gasteiger partial charge in [-0.15, -0.1) is 21.5 Å². The van der Waals surface area contributed by atoms with Crippen molar-refractivity contribution >= 4 is 39.2 Å². The molecule has 0 radical (unpaired) electrons. The Labute approximate surface area is 200 Å². The Kier molecular flexibility index (Phi) is 6.59. The monoisotopic (exact) mass is 480 g/mol. The standard InChI is InChI=1S/C24H24N4O3S2/c1-30-18-10-8-16(9-11-18)13-21-26-27-24(31-21)32-15-22(29)28-12-4-5-17(14-28)23-25-19-6-2-3-7-20(19)33-23/h2-3,6-11,17H,4-5,12-15H2,1H3. The molecule has 9 heteroatoms. The SMILES string of the molecule is COc1ccc(Cc2nnc(SCC(=O)N3CCCC(c4nc5ccccc5s4)C3)o2)cc1. The predicted octanol–water partition coefficient (Wildman–Crippen LogP) is 4.78. The van der Waals surface area contributed by atoms with E-state index in [0.717, 1.165) is 41.2 Å². The Balaban J connectivity index is 1.15. The summed E-state index contributed by atoms with van der Waals surface area (Å²) in [5.41, 5.74) is 2.10. The van der Waals surface area contributed by atoms with E-state index in [1.54, 1.807) is 18.4 Å². The van der Waals surface area contributed by atoms with Crippen LogP contribution in [0.4, 0.5) is 0 Å². The molecule has 1 amide bonds. The van der Waals surface area contributed by atoms with Gasteiger partial charge >= 0.3 is 0 Å². The largest absolute Gasteiger partial charge is 0.497 e. The summed E-state index contributed by atoms with van der Waals surface area (Å²) in [6.45, 7) is 1.50. The number of likely N-dealkylation sites (tertiary alicyclic amines) is 1. The lowest BCUT2D eigenvalue weighted by Crippen LogP contribution is -2.40. The van der Waals surface area contributed by atoms with Crippen molar-refractivity contribution in [3.05, 3.63) is 65.0 Å². The van der Waals surface area contributed by atoms with E-state index in [-0.39, 0.29) is 11.7 Å². The molecule has 1 unspecified atom stereocenters. The minimum Gasteiger partial charge on any atom is -0.497 e. The van der Waals surface area contributed by atoms with Gasteiger partial charge in [-0.3, -0.25) is 4.79 Å². The van der Waals surface area contributed by atoms with E-state index in [4.69, 9.17) is 14.1 Å². The Morgan fingerprint density at radius 2 is 2.06 bits per heavy atom. The molecule has 0 aliphatic carbocycles. The Bertz CT molecular complexity index is 1200. The van der Waals surface area contributed by atoms with E-state index in [9.17, 15) is 4.79 Å². The van der Waals surface area contributed by atoms with Crippen molar-refractivity contribution in [3.63, 3.8) is 0 Å². The number of thiazole rings is 1. The van der Waals surface area contributed by atoms with Crippen molar-refractivity contribution in [2.45, 2.75) is 30.4 Å². The Hall–Kier alpha value is -2.91. The van der Waals surface area contributed by atoms with E-state index in [1.807, 2.05) is 47.4 Å². The molecule has 0 spiro atoms. The van der Waals surface area contributed by atoms with Crippen LogP contribution in [0.2, 0.25) is 0 Å². The average Bonchev–Trinajstić information content (AvgIpc) is 3.50. The van der Waals surface area contributed by atoms with Gasteiger partial charge in [-0.2, -0.15) is 0 Å². The van der Waals surface area contributed by atoms with Gasteiger partial charge in [0.1, 0.15) is 5.75 Å². The lowest BCUT2D eigenvalue weighted by molar-refractivity contribution is -0.129. The Morgan fingerprint density at radius 3 is 2.88 bits per heavy atom. The van der Waals surface area contributed by atoms with Crippen LogP contribution in [0.1, 0.15) is 35.2 Å². The third kappa shape index (κ3) is 5.20. The summed E-state index contributed by atoms with van der Waals surface area (Å²) in [6, 6.07) is 15.9. The van der Waals surface area contributed by atoms with Crippen molar-refractivity contribution < 1.29 is 13.9 Å². The number of methoxy groups -OCH3 is 1. The molecule has 170 valence electrons. The lowest BCUT2D eigenvalue weighted by atomic mass is 9.99. The number of nitrogens with zero attached hydrogens (tertiary/aromatic N) is 4. The normalized spacial score (nSPS) is 16.3. The second kappa shape index (κ2) is 9.93. The first-order chi connectivity index (χ1) is 16.2. The summed E-state index contributed by atoms with van der Waals surface area (Å²) in [4.78, 5) is 19.6. The first-order valence-electron chi connectivity index (χ1n) is 10.9. The van der Waals surface area contributed by atoms with E-state index in [2.05, 4.69) is 16.3 Å². The van der Waals surface area contributed by atoms with Crippen molar-refractivity contribution in [1.29, 1.82) is 0 Å². The van der Waals surface area contributed by atoms with E-state index in [1.165, 1.54) is 16.5 Å². The number of carbonyl (C=O) groups excluding carboxylic acids is 1. The fourth-order valence-corrected chi connectivity index (χ4v) is 5.75. The zero-order valence-corrected chi connectivity index (χ0v) is 19.9. The maximum absolute atomic E-state index is 12.9. The van der Waals surface area contributed by atoms with Gasteiger partial charge in [0.25, 0.3) is 5.22 Å². The van der Waals surface area contributed by atoms with Crippen LogP contribution in [0, 0.1) is 0 Å². The molecule has 0 N–H and O–H groups in total. The quantitative estimate of drug-likeness (QED) is 0.352. The number of thioether (sulfide) groups is 1. The summed E-state index contributed by atoms with van der Waals surface area (Å²) in [5.74, 6) is 2.02. The van der Waals surface area contributed by atoms with E-state index < -0.39 is 0 Å². The van der Waals surface area contributed by atoms with E-state index >= 15 is 0 Å². The molecule has 3 heterocycles. The van der Waals surface area contributed by atoms with Gasteiger partial charge in [0.05, 0.1) is 34.5 Å². The first kappa shape index (κ1) is 21.9. The third-order valence-electron chi connectivity index (χ3n) is 5.72. The molecule has 4 aromatic rings. The van der Waals surface area contributed by atoms with Gasteiger partial charge in [0, 0.05) is 19.0 Å². The number of hydrogen-bond acceptors (Lipinski definition) is 8. The number of fused-ring (bicyclic) bond motifs is 1. The van der Waals surface area contributed by atoms with Gasteiger partial charge in [0.2, 0.25) is 11.8 Å². The molecule has 1 aliphatic rings. The fraction of sp³-hybridized carbons (Fsp3) is 0.333.